The van der Waals surface area contributed by atoms with Crippen LogP contribution >= 0.6 is 0 Å². The molecule has 0 saturated carbocycles. The van der Waals surface area contributed by atoms with Crippen molar-refractivity contribution in [3.63, 3.8) is 0 Å². The van der Waals surface area contributed by atoms with Crippen LogP contribution in [0.4, 0.5) is 0 Å². The lowest BCUT2D eigenvalue weighted by Crippen LogP contribution is -2.39. The largest absolute Gasteiger partial charge is 0.299 e. The topological polar surface area (TPSA) is 64.6 Å². The van der Waals surface area contributed by atoms with Crippen LogP contribution in [0.15, 0.2) is 48.5 Å². The highest BCUT2D eigenvalue weighted by molar-refractivity contribution is 5.83. The van der Waals surface area contributed by atoms with Crippen LogP contribution in [0.1, 0.15) is 36.5 Å². The van der Waals surface area contributed by atoms with Gasteiger partial charge in [0.1, 0.15) is 17.5 Å². The summed E-state index contributed by atoms with van der Waals surface area (Å²) in [5, 5.41) is 12.4. The molecule has 2 aromatic carbocycles. The Kier molecular flexibility index (Phi) is 5.84. The van der Waals surface area contributed by atoms with E-state index in [1.54, 1.807) is 4.80 Å². The minimum Gasteiger partial charge on any atom is -0.299 e. The predicted octanol–water partition coefficient (Wildman–Crippen LogP) is 2.41. The van der Waals surface area contributed by atoms with E-state index in [0.717, 1.165) is 41.8 Å². The average Bonchev–Trinajstić information content (AvgIpc) is 3.11. The van der Waals surface area contributed by atoms with Gasteiger partial charge in [0.05, 0.1) is 5.21 Å². The number of carbonyl (C=O) groups is 1. The molecule has 3 aromatic rings. The molecule has 0 unspecified atom stereocenters. The van der Waals surface area contributed by atoms with Gasteiger partial charge in [-0.25, -0.2) is 0 Å². The van der Waals surface area contributed by atoms with E-state index in [1.165, 1.54) is 4.80 Å². The number of aromatic nitrogens is 5. The van der Waals surface area contributed by atoms with E-state index in [1.807, 2.05) is 55.5 Å². The van der Waals surface area contributed by atoms with Gasteiger partial charge in [0, 0.05) is 17.6 Å². The molecular formula is C20H24N5O+. The van der Waals surface area contributed by atoms with Crippen molar-refractivity contribution in [3.05, 3.63) is 65.2 Å². The van der Waals surface area contributed by atoms with Crippen LogP contribution in [0.5, 0.6) is 0 Å². The number of benzene rings is 2. The van der Waals surface area contributed by atoms with Crippen LogP contribution in [0.25, 0.3) is 5.69 Å². The molecule has 6 heteroatoms. The van der Waals surface area contributed by atoms with Gasteiger partial charge in [-0.1, -0.05) is 49.7 Å². The molecule has 0 spiro atoms. The maximum atomic E-state index is 12.3. The molecule has 1 aromatic heterocycles. The molecule has 0 fully saturated rings. The first-order valence-electron chi connectivity index (χ1n) is 9.01. The number of ketones is 1. The van der Waals surface area contributed by atoms with Crippen molar-refractivity contribution < 1.29 is 9.59 Å². The summed E-state index contributed by atoms with van der Waals surface area (Å²) >= 11 is 0. The van der Waals surface area contributed by atoms with Crippen molar-refractivity contribution in [2.75, 3.05) is 0 Å². The maximum absolute atomic E-state index is 12.3. The summed E-state index contributed by atoms with van der Waals surface area (Å²) in [7, 11) is 0. The van der Waals surface area contributed by atoms with E-state index in [4.69, 9.17) is 0 Å². The quantitative estimate of drug-likeness (QED) is 0.585. The molecule has 134 valence electrons. The van der Waals surface area contributed by atoms with Crippen LogP contribution in [0, 0.1) is 6.92 Å². The Labute approximate surface area is 153 Å². The molecule has 0 saturated heterocycles. The van der Waals surface area contributed by atoms with E-state index in [0.29, 0.717) is 12.8 Å². The van der Waals surface area contributed by atoms with Crippen molar-refractivity contribution in [1.82, 2.24) is 20.4 Å². The number of hydrogen-bond acceptors (Lipinski definition) is 4. The minimum atomic E-state index is 0.211. The number of unbranched alkanes of at least 4 members (excludes halogenated alkanes) is 1. The first-order chi connectivity index (χ1) is 12.7. The number of carbonyl (C=O) groups excluding carboxylic acids is 1. The van der Waals surface area contributed by atoms with Crippen molar-refractivity contribution in [1.29, 1.82) is 0 Å². The van der Waals surface area contributed by atoms with Crippen molar-refractivity contribution in [2.24, 2.45) is 0 Å². The summed E-state index contributed by atoms with van der Waals surface area (Å²) in [5.74, 6) is 0.211. The number of hydrogen-bond donors (Lipinski definition) is 0. The highest BCUT2D eigenvalue weighted by Gasteiger charge is 2.13. The Balaban J connectivity index is 1.61. The fourth-order valence-electron chi connectivity index (χ4n) is 2.77. The van der Waals surface area contributed by atoms with Gasteiger partial charge in [-0.15, -0.1) is 0 Å². The molecule has 0 atom stereocenters. The van der Waals surface area contributed by atoms with Gasteiger partial charge in [-0.05, 0) is 47.0 Å². The number of nitrogens with zero attached hydrogens (tertiary/aromatic N) is 5. The fraction of sp³-hybridized carbons (Fsp3) is 0.350. The molecule has 0 aliphatic heterocycles. The van der Waals surface area contributed by atoms with Gasteiger partial charge in [0.2, 0.25) is 0 Å². The van der Waals surface area contributed by atoms with Crippen LogP contribution in [-0.2, 0) is 24.2 Å². The zero-order valence-electron chi connectivity index (χ0n) is 15.3. The summed E-state index contributed by atoms with van der Waals surface area (Å²) in [4.78, 5) is 15.5. The van der Waals surface area contributed by atoms with Crippen molar-refractivity contribution >= 4 is 5.78 Å². The summed E-state index contributed by atoms with van der Waals surface area (Å²) in [6.07, 6.45) is 3.01. The number of Topliss-reactive ketones (excluding diaryl/α,β-unsaturated/α-hetero) is 1. The molecule has 0 aliphatic carbocycles. The van der Waals surface area contributed by atoms with Crippen molar-refractivity contribution in [2.45, 2.75) is 46.1 Å². The monoisotopic (exact) mass is 350 g/mol. The molecule has 26 heavy (non-hydrogen) atoms. The van der Waals surface area contributed by atoms with Gasteiger partial charge in [-0.2, -0.15) is 0 Å². The van der Waals surface area contributed by atoms with Gasteiger partial charge in [0.25, 0.3) is 0 Å². The molecular weight excluding hydrogens is 326 g/mol. The first kappa shape index (κ1) is 17.9. The summed E-state index contributed by atoms with van der Waals surface area (Å²) in [6, 6.07) is 15.8. The second-order valence-electron chi connectivity index (χ2n) is 6.49. The highest BCUT2D eigenvalue weighted by atomic mass is 16.1. The number of rotatable bonds is 8. The van der Waals surface area contributed by atoms with E-state index in [9.17, 15) is 4.79 Å². The summed E-state index contributed by atoms with van der Waals surface area (Å²) in [6.45, 7) is 4.93. The minimum absolute atomic E-state index is 0.211. The Morgan fingerprint density at radius 1 is 1.08 bits per heavy atom. The average molecular weight is 350 g/mol. The Hall–Kier alpha value is -2.89. The van der Waals surface area contributed by atoms with Crippen LogP contribution in [-0.4, -0.2) is 26.2 Å². The smallest absolute Gasteiger partial charge is 0.195 e. The first-order valence-corrected chi connectivity index (χ1v) is 9.01. The third kappa shape index (κ3) is 4.59. The van der Waals surface area contributed by atoms with Crippen LogP contribution in [0.3, 0.4) is 0 Å². The van der Waals surface area contributed by atoms with Gasteiger partial charge in [-0.3, -0.25) is 4.79 Å². The van der Waals surface area contributed by atoms with E-state index in [2.05, 4.69) is 22.6 Å². The SMILES string of the molecule is CCCC[n+]1nnn(-c2ccc(CC(=O)Cc3ccccc3C)cc2)n1. The molecule has 0 bridgehead atoms. The Bertz CT molecular complexity index is 870. The lowest BCUT2D eigenvalue weighted by atomic mass is 9.99. The van der Waals surface area contributed by atoms with Crippen LogP contribution < -0.4 is 4.80 Å². The Morgan fingerprint density at radius 3 is 2.58 bits per heavy atom. The lowest BCUT2D eigenvalue weighted by Gasteiger charge is -2.05. The fourth-order valence-corrected chi connectivity index (χ4v) is 2.77. The zero-order valence-corrected chi connectivity index (χ0v) is 15.3. The van der Waals surface area contributed by atoms with Gasteiger partial charge >= 0.3 is 0 Å². The van der Waals surface area contributed by atoms with Gasteiger partial charge < -0.3 is 0 Å². The third-order valence-corrected chi connectivity index (χ3v) is 4.35. The van der Waals surface area contributed by atoms with Crippen LogP contribution in [0.2, 0.25) is 0 Å². The molecule has 6 nitrogen and oxygen atoms in total. The molecule has 3 rings (SSSR count). The maximum Gasteiger partial charge on any atom is 0.195 e. The van der Waals surface area contributed by atoms with E-state index in [-0.39, 0.29) is 5.78 Å². The predicted molar refractivity (Wildman–Crippen MR) is 97.9 cm³/mol. The second-order valence-corrected chi connectivity index (χ2v) is 6.49. The Morgan fingerprint density at radius 2 is 1.85 bits per heavy atom. The number of aryl methyl sites for hydroxylation is 2. The standard InChI is InChI=1S/C20H24N5O/c1-3-4-13-24-21-22-25(23-24)19-11-9-17(10-12-19)14-20(26)15-18-8-6-5-7-16(18)2/h5-12H,3-4,13-15H2,1-2H3/q+1. The zero-order chi connectivity index (χ0) is 18.4. The molecule has 1 heterocycles. The summed E-state index contributed by atoms with van der Waals surface area (Å²) < 4.78 is 0. The molecule has 0 N–H and O–H groups in total. The van der Waals surface area contributed by atoms with Crippen molar-refractivity contribution in [3.8, 4) is 5.69 Å². The molecule has 0 amide bonds. The van der Waals surface area contributed by atoms with E-state index >= 15 is 0 Å². The highest BCUT2D eigenvalue weighted by Crippen LogP contribution is 2.12. The van der Waals surface area contributed by atoms with E-state index < -0.39 is 0 Å². The second kappa shape index (κ2) is 8.47. The third-order valence-electron chi connectivity index (χ3n) is 4.35. The lowest BCUT2D eigenvalue weighted by molar-refractivity contribution is -0.808. The molecule has 0 radical (unpaired) electrons. The molecule has 0 aliphatic rings. The summed E-state index contributed by atoms with van der Waals surface area (Å²) in [5.41, 5.74) is 4.08. The van der Waals surface area contributed by atoms with Gasteiger partial charge in [0.15, 0.2) is 10.9 Å². The normalized spacial score (nSPS) is 10.8.